The molecule has 3 aromatic rings. The van der Waals surface area contributed by atoms with Crippen molar-refractivity contribution in [3.05, 3.63) is 81.9 Å². The smallest absolute Gasteiger partial charge is 0.270 e. The number of benzene rings is 1. The van der Waals surface area contributed by atoms with Gasteiger partial charge in [-0.05, 0) is 29.7 Å². The van der Waals surface area contributed by atoms with Crippen molar-refractivity contribution in [1.82, 2.24) is 14.3 Å². The highest BCUT2D eigenvalue weighted by Crippen LogP contribution is 2.09. The largest absolute Gasteiger partial charge is 0.337 e. The number of fused-ring (bicyclic) bond motifs is 1. The minimum Gasteiger partial charge on any atom is -0.337 e. The van der Waals surface area contributed by atoms with Crippen LogP contribution in [0.3, 0.4) is 0 Å². The summed E-state index contributed by atoms with van der Waals surface area (Å²) in [5.41, 5.74) is 2.53. The Hall–Kier alpha value is -2.95. The van der Waals surface area contributed by atoms with Gasteiger partial charge in [-0.2, -0.15) is 0 Å². The Kier molecular flexibility index (Phi) is 4.42. The molecule has 0 bridgehead atoms. The summed E-state index contributed by atoms with van der Waals surface area (Å²) in [5.74, 6) is -0.328. The fourth-order valence-electron chi connectivity index (χ4n) is 2.61. The SMILES string of the molecule is CCc1ccc(CN(C)C(=O)c2cnc3ccccn3c2=O)cc1. The zero-order chi connectivity index (χ0) is 17.1. The van der Waals surface area contributed by atoms with E-state index in [9.17, 15) is 9.59 Å². The first-order valence-corrected chi connectivity index (χ1v) is 7.90. The maximum Gasteiger partial charge on any atom is 0.270 e. The van der Waals surface area contributed by atoms with Crippen LogP contribution in [0.5, 0.6) is 0 Å². The highest BCUT2D eigenvalue weighted by molar-refractivity contribution is 5.93. The summed E-state index contributed by atoms with van der Waals surface area (Å²) in [6.07, 6.45) is 3.95. The average Bonchev–Trinajstić information content (AvgIpc) is 2.62. The van der Waals surface area contributed by atoms with Gasteiger partial charge >= 0.3 is 0 Å². The fraction of sp³-hybridized carbons (Fsp3) is 0.211. The number of amides is 1. The number of carbonyl (C=O) groups is 1. The van der Waals surface area contributed by atoms with Crippen molar-refractivity contribution in [2.45, 2.75) is 19.9 Å². The summed E-state index contributed by atoms with van der Waals surface area (Å²) < 4.78 is 1.39. The van der Waals surface area contributed by atoms with E-state index in [2.05, 4.69) is 24.0 Å². The Morgan fingerprint density at radius 3 is 2.54 bits per heavy atom. The molecule has 0 radical (unpaired) electrons. The molecule has 0 saturated carbocycles. The van der Waals surface area contributed by atoms with Crippen LogP contribution in [-0.2, 0) is 13.0 Å². The van der Waals surface area contributed by atoms with E-state index >= 15 is 0 Å². The van der Waals surface area contributed by atoms with E-state index in [0.29, 0.717) is 12.2 Å². The zero-order valence-electron chi connectivity index (χ0n) is 13.8. The number of hydrogen-bond donors (Lipinski definition) is 0. The van der Waals surface area contributed by atoms with Crippen LogP contribution in [0.15, 0.2) is 59.7 Å². The van der Waals surface area contributed by atoms with Crippen LogP contribution in [-0.4, -0.2) is 27.2 Å². The molecule has 0 spiro atoms. The predicted octanol–water partition coefficient (Wildman–Crippen LogP) is 2.53. The summed E-state index contributed by atoms with van der Waals surface area (Å²) in [4.78, 5) is 30.8. The van der Waals surface area contributed by atoms with Crippen LogP contribution in [0.25, 0.3) is 5.65 Å². The molecule has 0 unspecified atom stereocenters. The molecule has 2 aromatic heterocycles. The molecule has 2 heterocycles. The topological polar surface area (TPSA) is 54.7 Å². The van der Waals surface area contributed by atoms with Gasteiger partial charge in [-0.1, -0.05) is 37.3 Å². The van der Waals surface area contributed by atoms with Gasteiger partial charge in [0.05, 0.1) is 0 Å². The minimum atomic E-state index is -0.348. The highest BCUT2D eigenvalue weighted by Gasteiger charge is 2.17. The van der Waals surface area contributed by atoms with Crippen molar-refractivity contribution in [1.29, 1.82) is 0 Å². The van der Waals surface area contributed by atoms with E-state index in [4.69, 9.17) is 0 Å². The average molecular weight is 321 g/mol. The standard InChI is InChI=1S/C19H19N3O2/c1-3-14-7-9-15(10-8-14)13-21(2)18(23)16-12-20-17-6-4-5-11-22(17)19(16)24/h4-12H,3,13H2,1-2H3. The van der Waals surface area contributed by atoms with Gasteiger partial charge in [0, 0.05) is 26.0 Å². The van der Waals surface area contributed by atoms with Crippen molar-refractivity contribution in [2.24, 2.45) is 0 Å². The summed E-state index contributed by atoms with van der Waals surface area (Å²) in [5, 5.41) is 0. The normalized spacial score (nSPS) is 10.8. The molecule has 0 fully saturated rings. The molecule has 0 N–H and O–H groups in total. The molecule has 5 heteroatoms. The van der Waals surface area contributed by atoms with Crippen molar-refractivity contribution in [3.8, 4) is 0 Å². The van der Waals surface area contributed by atoms with Crippen LogP contribution in [0.1, 0.15) is 28.4 Å². The summed E-state index contributed by atoms with van der Waals surface area (Å²) in [7, 11) is 1.69. The third-order valence-electron chi connectivity index (χ3n) is 4.04. The van der Waals surface area contributed by atoms with Gasteiger partial charge in [-0.15, -0.1) is 0 Å². The lowest BCUT2D eigenvalue weighted by Gasteiger charge is -2.17. The van der Waals surface area contributed by atoms with E-state index in [1.54, 1.807) is 31.4 Å². The lowest BCUT2D eigenvalue weighted by molar-refractivity contribution is 0.0782. The first-order chi connectivity index (χ1) is 11.6. The number of hydrogen-bond acceptors (Lipinski definition) is 3. The lowest BCUT2D eigenvalue weighted by atomic mass is 10.1. The lowest BCUT2D eigenvalue weighted by Crippen LogP contribution is -2.32. The number of aryl methyl sites for hydroxylation is 1. The van der Waals surface area contributed by atoms with Crippen LogP contribution in [0.4, 0.5) is 0 Å². The molecule has 122 valence electrons. The molecule has 5 nitrogen and oxygen atoms in total. The number of rotatable bonds is 4. The second-order valence-corrected chi connectivity index (χ2v) is 5.74. The van der Waals surface area contributed by atoms with Crippen molar-refractivity contribution in [2.75, 3.05) is 7.05 Å². The van der Waals surface area contributed by atoms with Crippen molar-refractivity contribution >= 4 is 11.6 Å². The maximum absolute atomic E-state index is 12.6. The van der Waals surface area contributed by atoms with E-state index in [-0.39, 0.29) is 17.0 Å². The van der Waals surface area contributed by atoms with Gasteiger partial charge in [0.2, 0.25) is 0 Å². The van der Waals surface area contributed by atoms with Gasteiger partial charge in [-0.3, -0.25) is 14.0 Å². The Labute approximate surface area is 140 Å². The molecule has 0 aliphatic rings. The summed E-state index contributed by atoms with van der Waals surface area (Å²) in [6.45, 7) is 2.55. The molecule has 3 rings (SSSR count). The Morgan fingerprint density at radius 2 is 1.83 bits per heavy atom. The molecular formula is C19H19N3O2. The molecule has 1 amide bonds. The molecule has 1 aromatic carbocycles. The first-order valence-electron chi connectivity index (χ1n) is 7.90. The second-order valence-electron chi connectivity index (χ2n) is 5.74. The quantitative estimate of drug-likeness (QED) is 0.742. The van der Waals surface area contributed by atoms with Crippen LogP contribution >= 0.6 is 0 Å². The van der Waals surface area contributed by atoms with E-state index in [1.807, 2.05) is 12.1 Å². The van der Waals surface area contributed by atoms with Gasteiger partial charge in [0.15, 0.2) is 0 Å². The van der Waals surface area contributed by atoms with Crippen LogP contribution < -0.4 is 5.56 Å². The molecular weight excluding hydrogens is 302 g/mol. The monoisotopic (exact) mass is 321 g/mol. The minimum absolute atomic E-state index is 0.0754. The second kappa shape index (κ2) is 6.66. The first kappa shape index (κ1) is 15.9. The molecule has 0 aliphatic heterocycles. The van der Waals surface area contributed by atoms with Crippen molar-refractivity contribution < 1.29 is 4.79 Å². The molecule has 0 aliphatic carbocycles. The maximum atomic E-state index is 12.6. The fourth-order valence-corrected chi connectivity index (χ4v) is 2.61. The van der Waals surface area contributed by atoms with Crippen LogP contribution in [0, 0.1) is 0 Å². The Bertz CT molecular complexity index is 929. The Balaban J connectivity index is 1.85. The molecule has 0 saturated heterocycles. The van der Waals surface area contributed by atoms with E-state index in [1.165, 1.54) is 21.1 Å². The van der Waals surface area contributed by atoms with E-state index in [0.717, 1.165) is 12.0 Å². The van der Waals surface area contributed by atoms with Gasteiger partial charge < -0.3 is 4.90 Å². The van der Waals surface area contributed by atoms with Gasteiger partial charge in [0.1, 0.15) is 11.2 Å². The third kappa shape index (κ3) is 3.06. The number of nitrogens with zero attached hydrogens (tertiary/aromatic N) is 3. The number of aromatic nitrogens is 2. The number of carbonyl (C=O) groups excluding carboxylic acids is 1. The zero-order valence-corrected chi connectivity index (χ0v) is 13.8. The molecule has 24 heavy (non-hydrogen) atoms. The Morgan fingerprint density at radius 1 is 1.12 bits per heavy atom. The van der Waals surface area contributed by atoms with Crippen molar-refractivity contribution in [3.63, 3.8) is 0 Å². The van der Waals surface area contributed by atoms with E-state index < -0.39 is 0 Å². The molecule has 0 atom stereocenters. The number of pyridine rings is 1. The van der Waals surface area contributed by atoms with Gasteiger partial charge in [-0.25, -0.2) is 4.98 Å². The summed E-state index contributed by atoms with van der Waals surface area (Å²) in [6, 6.07) is 13.4. The van der Waals surface area contributed by atoms with Gasteiger partial charge in [0.25, 0.3) is 11.5 Å². The highest BCUT2D eigenvalue weighted by atomic mass is 16.2. The summed E-state index contributed by atoms with van der Waals surface area (Å²) >= 11 is 0. The third-order valence-corrected chi connectivity index (χ3v) is 4.04. The predicted molar refractivity (Wildman–Crippen MR) is 93.1 cm³/mol. The van der Waals surface area contributed by atoms with Crippen LogP contribution in [0.2, 0.25) is 0 Å².